The smallest absolute Gasteiger partial charge is 0.258 e. The first-order valence-electron chi connectivity index (χ1n) is 6.27. The number of carbonyl (C=O) groups excluding carboxylic acids is 1. The van der Waals surface area contributed by atoms with Gasteiger partial charge in [0.15, 0.2) is 0 Å². The number of nitrogens with two attached hydrogens (primary N) is 1. The zero-order valence-electron chi connectivity index (χ0n) is 11.2. The molecule has 1 aliphatic rings. The van der Waals surface area contributed by atoms with Crippen molar-refractivity contribution in [3.8, 4) is 0 Å². The number of para-hydroxylation sites is 1. The lowest BCUT2D eigenvalue weighted by molar-refractivity contribution is -0.136. The van der Waals surface area contributed by atoms with Crippen LogP contribution in [0.2, 0.25) is 0 Å². The lowest BCUT2D eigenvalue weighted by Crippen LogP contribution is -2.45. The van der Waals surface area contributed by atoms with E-state index in [4.69, 9.17) is 22.7 Å². The molecule has 5 heteroatoms. The maximum atomic E-state index is 12.6. The minimum Gasteiger partial charge on any atom is -0.389 e. The van der Waals surface area contributed by atoms with E-state index in [9.17, 15) is 4.79 Å². The Morgan fingerprint density at radius 1 is 1.47 bits per heavy atom. The Hall–Kier alpha value is -1.46. The van der Waals surface area contributed by atoms with Crippen molar-refractivity contribution >= 4 is 28.8 Å². The summed E-state index contributed by atoms with van der Waals surface area (Å²) in [6.45, 7) is 2.47. The minimum absolute atomic E-state index is 0.0614. The van der Waals surface area contributed by atoms with Gasteiger partial charge in [-0.05, 0) is 31.9 Å². The molecular weight excluding hydrogens is 260 g/mol. The van der Waals surface area contributed by atoms with Crippen LogP contribution in [-0.2, 0) is 9.53 Å². The number of benzene rings is 1. The van der Waals surface area contributed by atoms with Crippen LogP contribution in [0, 0.1) is 0 Å². The normalized spacial score (nSPS) is 22.2. The van der Waals surface area contributed by atoms with E-state index in [1.165, 1.54) is 0 Å². The molecule has 1 aromatic carbocycles. The molecule has 102 valence electrons. The van der Waals surface area contributed by atoms with E-state index in [2.05, 4.69) is 0 Å². The van der Waals surface area contributed by atoms with Crippen LogP contribution in [0.5, 0.6) is 0 Å². The van der Waals surface area contributed by atoms with Crippen LogP contribution >= 0.6 is 12.2 Å². The second-order valence-corrected chi connectivity index (χ2v) is 5.37. The number of anilines is 1. The van der Waals surface area contributed by atoms with Gasteiger partial charge in [0.1, 0.15) is 10.6 Å². The van der Waals surface area contributed by atoms with Crippen molar-refractivity contribution in [1.82, 2.24) is 0 Å². The van der Waals surface area contributed by atoms with Crippen LogP contribution in [0.25, 0.3) is 0 Å². The average molecular weight is 278 g/mol. The molecule has 1 unspecified atom stereocenters. The fourth-order valence-electron chi connectivity index (χ4n) is 2.39. The summed E-state index contributed by atoms with van der Waals surface area (Å²) in [5.74, 6) is -0.0614. The van der Waals surface area contributed by atoms with E-state index in [0.717, 1.165) is 18.5 Å². The fourth-order valence-corrected chi connectivity index (χ4v) is 2.56. The monoisotopic (exact) mass is 278 g/mol. The summed E-state index contributed by atoms with van der Waals surface area (Å²) in [4.78, 5) is 14.4. The molecule has 0 aliphatic carbocycles. The number of hydrogen-bond donors (Lipinski definition) is 1. The third-order valence-electron chi connectivity index (χ3n) is 3.51. The van der Waals surface area contributed by atoms with E-state index in [1.54, 1.807) is 11.9 Å². The Morgan fingerprint density at radius 3 is 2.74 bits per heavy atom. The molecule has 0 bridgehead atoms. The van der Waals surface area contributed by atoms with Gasteiger partial charge >= 0.3 is 0 Å². The first kappa shape index (κ1) is 14.0. The Morgan fingerprint density at radius 2 is 2.16 bits per heavy atom. The highest BCUT2D eigenvalue weighted by Crippen LogP contribution is 2.30. The second kappa shape index (κ2) is 5.27. The Labute approximate surface area is 118 Å². The molecule has 1 aliphatic heterocycles. The summed E-state index contributed by atoms with van der Waals surface area (Å²) < 4.78 is 5.59. The molecule has 2 N–H and O–H groups in total. The van der Waals surface area contributed by atoms with Gasteiger partial charge in [-0.25, -0.2) is 0 Å². The molecule has 1 atom stereocenters. The maximum Gasteiger partial charge on any atom is 0.258 e. The quantitative estimate of drug-likeness (QED) is 0.857. The van der Waals surface area contributed by atoms with Gasteiger partial charge in [-0.15, -0.1) is 0 Å². The van der Waals surface area contributed by atoms with Crippen molar-refractivity contribution in [1.29, 1.82) is 0 Å². The predicted octanol–water partition coefficient (Wildman–Crippen LogP) is 1.85. The van der Waals surface area contributed by atoms with E-state index in [1.807, 2.05) is 31.2 Å². The van der Waals surface area contributed by atoms with Gasteiger partial charge in [0, 0.05) is 19.2 Å². The number of likely N-dealkylation sites (N-methyl/N-ethyl adjacent to an activating group) is 1. The average Bonchev–Trinajstić information content (AvgIpc) is 2.85. The van der Waals surface area contributed by atoms with Crippen LogP contribution in [0.1, 0.15) is 25.3 Å². The highest BCUT2D eigenvalue weighted by atomic mass is 32.1. The van der Waals surface area contributed by atoms with E-state index in [0.29, 0.717) is 12.2 Å². The van der Waals surface area contributed by atoms with Crippen molar-refractivity contribution in [3.05, 3.63) is 29.8 Å². The summed E-state index contributed by atoms with van der Waals surface area (Å²) in [6.07, 6.45) is 1.65. The topological polar surface area (TPSA) is 55.6 Å². The van der Waals surface area contributed by atoms with E-state index < -0.39 is 5.60 Å². The summed E-state index contributed by atoms with van der Waals surface area (Å²) in [6, 6.07) is 7.37. The first-order valence-corrected chi connectivity index (χ1v) is 6.67. The number of nitrogens with zero attached hydrogens (tertiary/aromatic N) is 1. The van der Waals surface area contributed by atoms with Gasteiger partial charge in [0.2, 0.25) is 0 Å². The van der Waals surface area contributed by atoms with Crippen LogP contribution in [0.4, 0.5) is 5.69 Å². The standard InChI is InChI=1S/C14H18N2O2S/c1-14(8-5-9-18-14)13(17)16(2)11-7-4-3-6-10(11)12(15)19/h3-4,6-7H,5,8-9H2,1-2H3,(H2,15,19). The van der Waals surface area contributed by atoms with Crippen LogP contribution in [0.3, 0.4) is 0 Å². The van der Waals surface area contributed by atoms with Crippen molar-refractivity contribution in [3.63, 3.8) is 0 Å². The SMILES string of the molecule is CN(C(=O)C1(C)CCCO1)c1ccccc1C(N)=S. The van der Waals surface area contributed by atoms with Crippen molar-refractivity contribution in [2.75, 3.05) is 18.6 Å². The van der Waals surface area contributed by atoms with Gasteiger partial charge in [0.05, 0.1) is 5.69 Å². The number of ether oxygens (including phenoxy) is 1. The van der Waals surface area contributed by atoms with Crippen molar-refractivity contribution < 1.29 is 9.53 Å². The summed E-state index contributed by atoms with van der Waals surface area (Å²) in [7, 11) is 1.73. The molecule has 1 heterocycles. The van der Waals surface area contributed by atoms with Crippen LogP contribution in [-0.4, -0.2) is 30.2 Å². The molecule has 1 amide bonds. The van der Waals surface area contributed by atoms with E-state index in [-0.39, 0.29) is 10.9 Å². The lowest BCUT2D eigenvalue weighted by atomic mass is 10.0. The summed E-state index contributed by atoms with van der Waals surface area (Å²) in [5.41, 5.74) is 6.39. The van der Waals surface area contributed by atoms with E-state index >= 15 is 0 Å². The number of hydrogen-bond acceptors (Lipinski definition) is 3. The molecule has 19 heavy (non-hydrogen) atoms. The van der Waals surface area contributed by atoms with Gasteiger partial charge in [-0.2, -0.15) is 0 Å². The number of carbonyl (C=O) groups is 1. The number of amides is 1. The second-order valence-electron chi connectivity index (χ2n) is 4.93. The zero-order valence-corrected chi connectivity index (χ0v) is 12.0. The molecule has 2 rings (SSSR count). The molecule has 1 aromatic rings. The number of thiocarbonyl (C=S) groups is 1. The van der Waals surface area contributed by atoms with Gasteiger partial charge in [-0.3, -0.25) is 4.79 Å². The third kappa shape index (κ3) is 2.62. The third-order valence-corrected chi connectivity index (χ3v) is 3.73. The molecular formula is C14H18N2O2S. The molecule has 0 saturated carbocycles. The fraction of sp³-hybridized carbons (Fsp3) is 0.429. The Balaban J connectivity index is 2.31. The van der Waals surface area contributed by atoms with Crippen LogP contribution in [0.15, 0.2) is 24.3 Å². The molecule has 0 radical (unpaired) electrons. The zero-order chi connectivity index (χ0) is 14.0. The van der Waals surface area contributed by atoms with Crippen LogP contribution < -0.4 is 10.6 Å². The Kier molecular flexibility index (Phi) is 3.87. The van der Waals surface area contributed by atoms with Gasteiger partial charge < -0.3 is 15.4 Å². The first-order chi connectivity index (χ1) is 8.96. The van der Waals surface area contributed by atoms with Crippen molar-refractivity contribution in [2.24, 2.45) is 5.73 Å². The molecule has 1 saturated heterocycles. The molecule has 0 spiro atoms. The molecule has 0 aromatic heterocycles. The largest absolute Gasteiger partial charge is 0.389 e. The highest BCUT2D eigenvalue weighted by molar-refractivity contribution is 7.80. The summed E-state index contributed by atoms with van der Waals surface area (Å²) >= 11 is 5.03. The minimum atomic E-state index is -0.738. The maximum absolute atomic E-state index is 12.6. The lowest BCUT2D eigenvalue weighted by Gasteiger charge is -2.29. The van der Waals surface area contributed by atoms with Gasteiger partial charge in [0.25, 0.3) is 5.91 Å². The summed E-state index contributed by atoms with van der Waals surface area (Å²) in [5, 5.41) is 0. The number of rotatable bonds is 3. The molecule has 1 fully saturated rings. The predicted molar refractivity (Wildman–Crippen MR) is 79.3 cm³/mol. The Bertz CT molecular complexity index is 510. The van der Waals surface area contributed by atoms with Gasteiger partial charge in [-0.1, -0.05) is 24.4 Å². The highest BCUT2D eigenvalue weighted by Gasteiger charge is 2.40. The molecule has 4 nitrogen and oxygen atoms in total. The van der Waals surface area contributed by atoms with Crippen molar-refractivity contribution in [2.45, 2.75) is 25.4 Å².